The molecule has 1 aliphatic heterocycles. The Morgan fingerprint density at radius 1 is 1.24 bits per heavy atom. The maximum atomic E-state index is 6.31. The summed E-state index contributed by atoms with van der Waals surface area (Å²) in [6, 6.07) is 8.26. The lowest BCUT2D eigenvalue weighted by molar-refractivity contribution is 0.0895. The first-order valence-corrected chi connectivity index (χ1v) is 9.40. The van der Waals surface area contributed by atoms with E-state index in [-0.39, 0.29) is 11.5 Å². The van der Waals surface area contributed by atoms with Crippen molar-refractivity contribution in [2.45, 2.75) is 53.2 Å². The number of nitrogens with two attached hydrogens (primary N) is 1. The van der Waals surface area contributed by atoms with Crippen LogP contribution in [-0.2, 0) is 13.1 Å². The largest absolute Gasteiger partial charge is 0.327 e. The highest BCUT2D eigenvalue weighted by Gasteiger charge is 2.33. The zero-order valence-electron chi connectivity index (χ0n) is 15.7. The van der Waals surface area contributed by atoms with Gasteiger partial charge in [0.1, 0.15) is 0 Å². The molecule has 1 atom stereocenters. The Balaban J connectivity index is 1.77. The Morgan fingerprint density at radius 3 is 2.64 bits per heavy atom. The summed E-state index contributed by atoms with van der Waals surface area (Å²) in [5, 5.41) is 5.56. The predicted molar refractivity (Wildman–Crippen MR) is 104 cm³/mol. The summed E-state index contributed by atoms with van der Waals surface area (Å²) < 4.78 is 2.08. The van der Waals surface area contributed by atoms with Gasteiger partial charge in [-0.3, -0.25) is 9.58 Å². The molecule has 0 saturated carbocycles. The van der Waals surface area contributed by atoms with Crippen LogP contribution in [0.4, 0.5) is 0 Å². The van der Waals surface area contributed by atoms with Crippen LogP contribution in [0.2, 0.25) is 5.02 Å². The third kappa shape index (κ3) is 3.91. The Hall–Kier alpha value is -1.36. The standard InChI is InChI=1S/C20H29ClN4/c1-14-17(12-24-10-9-19(22)20(3,4)13-24)15(2)25(23-14)11-16-7-5-6-8-18(16)21/h5-8,19H,9-13,22H2,1-4H3. The minimum atomic E-state index is 0.160. The first-order chi connectivity index (χ1) is 11.8. The van der Waals surface area contributed by atoms with E-state index in [1.165, 1.54) is 11.3 Å². The highest BCUT2D eigenvalue weighted by Crippen LogP contribution is 2.29. The quantitative estimate of drug-likeness (QED) is 0.902. The summed E-state index contributed by atoms with van der Waals surface area (Å²) in [5.41, 5.74) is 11.2. The number of piperidine rings is 1. The van der Waals surface area contributed by atoms with Crippen molar-refractivity contribution in [1.29, 1.82) is 0 Å². The molecule has 3 rings (SSSR count). The molecule has 136 valence electrons. The maximum absolute atomic E-state index is 6.31. The van der Waals surface area contributed by atoms with E-state index in [2.05, 4.69) is 43.3 Å². The van der Waals surface area contributed by atoms with Crippen LogP contribution in [0.5, 0.6) is 0 Å². The molecule has 1 unspecified atom stereocenters. The van der Waals surface area contributed by atoms with E-state index in [0.29, 0.717) is 6.54 Å². The second kappa shape index (κ2) is 7.10. The van der Waals surface area contributed by atoms with Crippen molar-refractivity contribution in [2.75, 3.05) is 13.1 Å². The van der Waals surface area contributed by atoms with Crippen molar-refractivity contribution in [2.24, 2.45) is 11.1 Å². The lowest BCUT2D eigenvalue weighted by atomic mass is 9.79. The first kappa shape index (κ1) is 18.4. The minimum absolute atomic E-state index is 0.160. The van der Waals surface area contributed by atoms with Gasteiger partial charge in [-0.05, 0) is 37.3 Å². The molecule has 1 aromatic heterocycles. The summed E-state index contributed by atoms with van der Waals surface area (Å²) in [4.78, 5) is 2.51. The van der Waals surface area contributed by atoms with Gasteiger partial charge in [-0.2, -0.15) is 5.10 Å². The summed E-state index contributed by atoms with van der Waals surface area (Å²) >= 11 is 6.31. The lowest BCUT2D eigenvalue weighted by Crippen LogP contribution is -2.52. The third-order valence-electron chi connectivity index (χ3n) is 5.58. The van der Waals surface area contributed by atoms with E-state index in [0.717, 1.165) is 42.3 Å². The summed E-state index contributed by atoms with van der Waals surface area (Å²) in [6.07, 6.45) is 1.05. The van der Waals surface area contributed by atoms with E-state index < -0.39 is 0 Å². The number of aryl methyl sites for hydroxylation is 1. The molecule has 5 heteroatoms. The smallest absolute Gasteiger partial charge is 0.0677 e. The average Bonchev–Trinajstić information content (AvgIpc) is 2.80. The lowest BCUT2D eigenvalue weighted by Gasteiger charge is -2.42. The molecular formula is C20H29ClN4. The topological polar surface area (TPSA) is 47.1 Å². The van der Waals surface area contributed by atoms with E-state index in [1.807, 2.05) is 18.2 Å². The van der Waals surface area contributed by atoms with Gasteiger partial charge in [0.25, 0.3) is 0 Å². The van der Waals surface area contributed by atoms with Gasteiger partial charge in [-0.1, -0.05) is 43.6 Å². The number of likely N-dealkylation sites (tertiary alicyclic amines) is 1. The Morgan fingerprint density at radius 2 is 1.96 bits per heavy atom. The monoisotopic (exact) mass is 360 g/mol. The highest BCUT2D eigenvalue weighted by molar-refractivity contribution is 6.31. The molecule has 2 aromatic rings. The van der Waals surface area contributed by atoms with Crippen LogP contribution in [0.25, 0.3) is 0 Å². The molecule has 2 N–H and O–H groups in total. The van der Waals surface area contributed by atoms with Crippen LogP contribution in [0, 0.1) is 19.3 Å². The zero-order chi connectivity index (χ0) is 18.2. The van der Waals surface area contributed by atoms with Gasteiger partial charge in [0.05, 0.1) is 12.2 Å². The van der Waals surface area contributed by atoms with Crippen LogP contribution in [0.1, 0.15) is 42.8 Å². The van der Waals surface area contributed by atoms with Gasteiger partial charge < -0.3 is 5.73 Å². The van der Waals surface area contributed by atoms with Gasteiger partial charge in [0.15, 0.2) is 0 Å². The molecule has 0 aliphatic carbocycles. The summed E-state index contributed by atoms with van der Waals surface area (Å²) in [6.45, 7) is 12.5. The fourth-order valence-corrected chi connectivity index (χ4v) is 3.94. The fourth-order valence-electron chi connectivity index (χ4n) is 3.75. The summed E-state index contributed by atoms with van der Waals surface area (Å²) in [5.74, 6) is 0. The molecule has 0 radical (unpaired) electrons. The number of nitrogens with zero attached hydrogens (tertiary/aromatic N) is 3. The summed E-state index contributed by atoms with van der Waals surface area (Å²) in [7, 11) is 0. The second-order valence-corrected chi connectivity index (χ2v) is 8.40. The van der Waals surface area contributed by atoms with Crippen LogP contribution in [0.15, 0.2) is 24.3 Å². The second-order valence-electron chi connectivity index (χ2n) is 7.99. The third-order valence-corrected chi connectivity index (χ3v) is 5.95. The van der Waals surface area contributed by atoms with Crippen molar-refractivity contribution < 1.29 is 0 Å². The van der Waals surface area contributed by atoms with Crippen LogP contribution < -0.4 is 5.73 Å². The molecule has 0 bridgehead atoms. The van der Waals surface area contributed by atoms with Crippen LogP contribution in [-0.4, -0.2) is 33.8 Å². The molecule has 0 amide bonds. The van der Waals surface area contributed by atoms with Crippen molar-refractivity contribution in [3.8, 4) is 0 Å². The molecule has 2 heterocycles. The molecule has 25 heavy (non-hydrogen) atoms. The van der Waals surface area contributed by atoms with Crippen LogP contribution >= 0.6 is 11.6 Å². The van der Waals surface area contributed by atoms with Gasteiger partial charge in [0.2, 0.25) is 0 Å². The molecule has 0 spiro atoms. The number of hydrogen-bond acceptors (Lipinski definition) is 3. The van der Waals surface area contributed by atoms with Gasteiger partial charge in [-0.25, -0.2) is 0 Å². The van der Waals surface area contributed by atoms with Crippen molar-refractivity contribution in [3.05, 3.63) is 51.8 Å². The van der Waals surface area contributed by atoms with Gasteiger partial charge in [0, 0.05) is 42.0 Å². The Kier molecular flexibility index (Phi) is 5.24. The highest BCUT2D eigenvalue weighted by atomic mass is 35.5. The van der Waals surface area contributed by atoms with E-state index in [1.54, 1.807) is 0 Å². The molecule has 1 aliphatic rings. The van der Waals surface area contributed by atoms with Gasteiger partial charge in [-0.15, -0.1) is 0 Å². The molecular weight excluding hydrogens is 332 g/mol. The number of rotatable bonds is 4. The molecule has 4 nitrogen and oxygen atoms in total. The molecule has 1 fully saturated rings. The van der Waals surface area contributed by atoms with E-state index in [9.17, 15) is 0 Å². The Labute approximate surface area is 156 Å². The normalized spacial score (nSPS) is 20.8. The molecule has 1 aromatic carbocycles. The Bertz CT molecular complexity index is 750. The predicted octanol–water partition coefficient (Wildman–Crippen LogP) is 3.76. The number of hydrogen-bond donors (Lipinski definition) is 1. The number of aromatic nitrogens is 2. The first-order valence-electron chi connectivity index (χ1n) is 9.02. The fraction of sp³-hybridized carbons (Fsp3) is 0.550. The maximum Gasteiger partial charge on any atom is 0.0677 e. The minimum Gasteiger partial charge on any atom is -0.327 e. The van der Waals surface area contributed by atoms with Crippen molar-refractivity contribution in [1.82, 2.24) is 14.7 Å². The van der Waals surface area contributed by atoms with Crippen molar-refractivity contribution >= 4 is 11.6 Å². The van der Waals surface area contributed by atoms with E-state index >= 15 is 0 Å². The number of halogens is 1. The van der Waals surface area contributed by atoms with Gasteiger partial charge >= 0.3 is 0 Å². The average molecular weight is 361 g/mol. The van der Waals surface area contributed by atoms with Crippen LogP contribution in [0.3, 0.4) is 0 Å². The SMILES string of the molecule is Cc1nn(Cc2ccccc2Cl)c(C)c1CN1CCC(N)C(C)(C)C1. The van der Waals surface area contributed by atoms with E-state index in [4.69, 9.17) is 22.4 Å². The zero-order valence-corrected chi connectivity index (χ0v) is 16.5. The van der Waals surface area contributed by atoms with Crippen molar-refractivity contribution in [3.63, 3.8) is 0 Å². The molecule has 1 saturated heterocycles. The number of benzene rings is 1.